The number of halogens is 1. The standard InChI is InChI=1S/C14H14FNO3/c1-9(10-2-4-12(15)5-3-10)16-8-11-6-7-19-13(11)14(17)18/h2-7,9,16H,8H2,1H3,(H,17,18). The molecule has 2 aromatic rings. The first-order chi connectivity index (χ1) is 9.08. The molecular weight excluding hydrogens is 249 g/mol. The van der Waals surface area contributed by atoms with E-state index in [-0.39, 0.29) is 17.6 Å². The number of hydrogen-bond donors (Lipinski definition) is 2. The number of benzene rings is 1. The van der Waals surface area contributed by atoms with Crippen molar-refractivity contribution in [3.63, 3.8) is 0 Å². The van der Waals surface area contributed by atoms with Crippen LogP contribution in [0.5, 0.6) is 0 Å². The SMILES string of the molecule is CC(NCc1ccoc1C(=O)O)c1ccc(F)cc1. The number of nitrogens with one attached hydrogen (secondary N) is 1. The molecule has 2 rings (SSSR count). The van der Waals surface area contributed by atoms with Gasteiger partial charge >= 0.3 is 5.97 Å². The topological polar surface area (TPSA) is 62.5 Å². The van der Waals surface area contributed by atoms with E-state index < -0.39 is 5.97 Å². The van der Waals surface area contributed by atoms with Gasteiger partial charge in [0.2, 0.25) is 5.76 Å². The van der Waals surface area contributed by atoms with Crippen LogP contribution in [-0.4, -0.2) is 11.1 Å². The third-order valence-corrected chi connectivity index (χ3v) is 2.91. The Morgan fingerprint density at radius 3 is 2.68 bits per heavy atom. The van der Waals surface area contributed by atoms with Gasteiger partial charge in [-0.2, -0.15) is 0 Å². The zero-order valence-electron chi connectivity index (χ0n) is 10.4. The van der Waals surface area contributed by atoms with Crippen LogP contribution in [0.15, 0.2) is 41.0 Å². The first-order valence-electron chi connectivity index (χ1n) is 5.86. The summed E-state index contributed by atoms with van der Waals surface area (Å²) in [6, 6.07) is 7.79. The minimum atomic E-state index is -1.09. The van der Waals surface area contributed by atoms with E-state index in [9.17, 15) is 9.18 Å². The van der Waals surface area contributed by atoms with Crippen molar-refractivity contribution in [2.24, 2.45) is 0 Å². The fourth-order valence-electron chi connectivity index (χ4n) is 1.79. The molecule has 0 spiro atoms. The number of carboxylic acid groups (broad SMARTS) is 1. The molecule has 1 aromatic carbocycles. The first-order valence-corrected chi connectivity index (χ1v) is 5.86. The summed E-state index contributed by atoms with van der Waals surface area (Å²) in [5.41, 5.74) is 1.52. The number of carboxylic acids is 1. The average Bonchev–Trinajstić information content (AvgIpc) is 2.85. The average molecular weight is 263 g/mol. The van der Waals surface area contributed by atoms with Gasteiger partial charge in [-0.05, 0) is 30.7 Å². The highest BCUT2D eigenvalue weighted by Crippen LogP contribution is 2.15. The molecule has 1 heterocycles. The Labute approximate surface area is 109 Å². The molecule has 0 aliphatic carbocycles. The molecular formula is C14H14FNO3. The summed E-state index contributed by atoms with van der Waals surface area (Å²) in [6.07, 6.45) is 1.35. The summed E-state index contributed by atoms with van der Waals surface area (Å²) in [6.45, 7) is 2.30. The van der Waals surface area contributed by atoms with Gasteiger partial charge in [0.1, 0.15) is 5.82 Å². The number of hydrogen-bond acceptors (Lipinski definition) is 3. The molecule has 0 saturated carbocycles. The molecule has 1 aromatic heterocycles. The van der Waals surface area contributed by atoms with Crippen molar-refractivity contribution in [2.45, 2.75) is 19.5 Å². The quantitative estimate of drug-likeness (QED) is 0.870. The second kappa shape index (κ2) is 5.67. The number of carbonyl (C=O) groups is 1. The highest BCUT2D eigenvalue weighted by molar-refractivity contribution is 5.86. The molecule has 0 aliphatic rings. The van der Waals surface area contributed by atoms with E-state index in [0.29, 0.717) is 12.1 Å². The van der Waals surface area contributed by atoms with Gasteiger partial charge in [-0.25, -0.2) is 9.18 Å². The van der Waals surface area contributed by atoms with E-state index in [1.165, 1.54) is 18.4 Å². The van der Waals surface area contributed by atoms with Crippen LogP contribution in [0.25, 0.3) is 0 Å². The van der Waals surface area contributed by atoms with Gasteiger partial charge < -0.3 is 14.8 Å². The summed E-state index contributed by atoms with van der Waals surface area (Å²) in [5.74, 6) is -1.42. The van der Waals surface area contributed by atoms with E-state index in [4.69, 9.17) is 9.52 Å². The fraction of sp³-hybridized carbons (Fsp3) is 0.214. The van der Waals surface area contributed by atoms with Crippen molar-refractivity contribution in [1.29, 1.82) is 0 Å². The first kappa shape index (κ1) is 13.3. The lowest BCUT2D eigenvalue weighted by atomic mass is 10.1. The van der Waals surface area contributed by atoms with E-state index in [1.54, 1.807) is 18.2 Å². The molecule has 1 unspecified atom stereocenters. The minimum Gasteiger partial charge on any atom is -0.475 e. The monoisotopic (exact) mass is 263 g/mol. The van der Waals surface area contributed by atoms with Crippen LogP contribution >= 0.6 is 0 Å². The predicted molar refractivity (Wildman–Crippen MR) is 67.3 cm³/mol. The Morgan fingerprint density at radius 2 is 2.05 bits per heavy atom. The van der Waals surface area contributed by atoms with Gasteiger partial charge in [-0.15, -0.1) is 0 Å². The molecule has 19 heavy (non-hydrogen) atoms. The van der Waals surface area contributed by atoms with Gasteiger partial charge in [-0.3, -0.25) is 0 Å². The second-order valence-electron chi connectivity index (χ2n) is 4.23. The molecule has 0 amide bonds. The van der Waals surface area contributed by atoms with E-state index in [0.717, 1.165) is 5.56 Å². The van der Waals surface area contributed by atoms with Crippen LogP contribution in [0.4, 0.5) is 4.39 Å². The fourth-order valence-corrected chi connectivity index (χ4v) is 1.79. The lowest BCUT2D eigenvalue weighted by Gasteiger charge is -2.13. The maximum atomic E-state index is 12.8. The summed E-state index contributed by atoms with van der Waals surface area (Å²) in [7, 11) is 0. The van der Waals surface area contributed by atoms with Crippen LogP contribution in [0, 0.1) is 5.82 Å². The van der Waals surface area contributed by atoms with Gasteiger partial charge in [0.25, 0.3) is 0 Å². The molecule has 0 fully saturated rings. The Bertz CT molecular complexity index is 562. The smallest absolute Gasteiger partial charge is 0.372 e. The Balaban J connectivity index is 2.00. The zero-order valence-corrected chi connectivity index (χ0v) is 10.4. The van der Waals surface area contributed by atoms with Crippen molar-refractivity contribution in [3.05, 3.63) is 59.3 Å². The second-order valence-corrected chi connectivity index (χ2v) is 4.23. The zero-order chi connectivity index (χ0) is 13.8. The molecule has 0 bridgehead atoms. The van der Waals surface area contributed by atoms with Gasteiger partial charge in [-0.1, -0.05) is 12.1 Å². The van der Waals surface area contributed by atoms with Crippen molar-refractivity contribution >= 4 is 5.97 Å². The lowest BCUT2D eigenvalue weighted by molar-refractivity contribution is 0.0660. The van der Waals surface area contributed by atoms with Gasteiger partial charge in [0.05, 0.1) is 6.26 Å². The van der Waals surface area contributed by atoms with E-state index in [2.05, 4.69) is 5.32 Å². The third kappa shape index (κ3) is 3.20. The van der Waals surface area contributed by atoms with Crippen LogP contribution in [0.1, 0.15) is 34.6 Å². The predicted octanol–water partition coefficient (Wildman–Crippen LogP) is 2.97. The molecule has 2 N–H and O–H groups in total. The van der Waals surface area contributed by atoms with Crippen LogP contribution in [0.3, 0.4) is 0 Å². The van der Waals surface area contributed by atoms with Crippen LogP contribution < -0.4 is 5.32 Å². The minimum absolute atomic E-state index is 0.0165. The van der Waals surface area contributed by atoms with E-state index in [1.807, 2.05) is 6.92 Å². The highest BCUT2D eigenvalue weighted by atomic mass is 19.1. The molecule has 5 heteroatoms. The van der Waals surface area contributed by atoms with Crippen LogP contribution in [0.2, 0.25) is 0 Å². The molecule has 0 radical (unpaired) electrons. The Morgan fingerprint density at radius 1 is 1.37 bits per heavy atom. The van der Waals surface area contributed by atoms with Gasteiger partial charge in [0.15, 0.2) is 0 Å². The van der Waals surface area contributed by atoms with Crippen molar-refractivity contribution < 1.29 is 18.7 Å². The van der Waals surface area contributed by atoms with E-state index >= 15 is 0 Å². The largest absolute Gasteiger partial charge is 0.475 e. The summed E-state index contributed by atoms with van der Waals surface area (Å²) in [4.78, 5) is 10.9. The molecule has 0 saturated heterocycles. The number of furan rings is 1. The van der Waals surface area contributed by atoms with Crippen LogP contribution in [-0.2, 0) is 6.54 Å². The number of aromatic carboxylic acids is 1. The molecule has 4 nitrogen and oxygen atoms in total. The summed E-state index contributed by atoms with van der Waals surface area (Å²) >= 11 is 0. The molecule has 1 atom stereocenters. The molecule has 0 aliphatic heterocycles. The molecule has 100 valence electrons. The van der Waals surface area contributed by atoms with Crippen molar-refractivity contribution in [3.8, 4) is 0 Å². The van der Waals surface area contributed by atoms with Crippen molar-refractivity contribution in [2.75, 3.05) is 0 Å². The Kier molecular flexibility index (Phi) is 3.97. The maximum Gasteiger partial charge on any atom is 0.372 e. The summed E-state index contributed by atoms with van der Waals surface area (Å²) in [5, 5.41) is 12.1. The third-order valence-electron chi connectivity index (χ3n) is 2.91. The highest BCUT2D eigenvalue weighted by Gasteiger charge is 2.14. The van der Waals surface area contributed by atoms with Gasteiger partial charge in [0, 0.05) is 18.2 Å². The maximum absolute atomic E-state index is 12.8. The lowest BCUT2D eigenvalue weighted by Crippen LogP contribution is -2.19. The van der Waals surface area contributed by atoms with Crippen molar-refractivity contribution in [1.82, 2.24) is 5.32 Å². The summed E-state index contributed by atoms with van der Waals surface area (Å²) < 4.78 is 17.7. The number of rotatable bonds is 5. The normalized spacial score (nSPS) is 12.3. The Hall–Kier alpha value is -2.14.